The van der Waals surface area contributed by atoms with Crippen LogP contribution in [0.2, 0.25) is 0 Å². The topological polar surface area (TPSA) is 69.2 Å². The van der Waals surface area contributed by atoms with Crippen molar-refractivity contribution in [2.24, 2.45) is 0 Å². The Labute approximate surface area is 69.6 Å². The van der Waals surface area contributed by atoms with Crippen LogP contribution in [0.3, 0.4) is 0 Å². The summed E-state index contributed by atoms with van der Waals surface area (Å²) < 4.78 is 25.7. The van der Waals surface area contributed by atoms with Crippen LogP contribution in [0, 0.1) is 0 Å². The van der Waals surface area contributed by atoms with E-state index >= 15 is 0 Å². The quantitative estimate of drug-likeness (QED) is 0.394. The molecule has 0 atom stereocenters. The van der Waals surface area contributed by atoms with Gasteiger partial charge in [-0.05, 0) is 0 Å². The third kappa shape index (κ3) is 40.9. The van der Waals surface area contributed by atoms with Gasteiger partial charge in [0, 0.05) is 22.4 Å². The Morgan fingerprint density at radius 2 is 1.00 bits per heavy atom. The SMILES string of the molecule is [Au].[Ga+3].[O-][As]([O-])[O-]. The van der Waals surface area contributed by atoms with Crippen LogP contribution in [0.15, 0.2) is 0 Å². The zero-order valence-electron chi connectivity index (χ0n) is 2.55. The van der Waals surface area contributed by atoms with Gasteiger partial charge in [-0.25, -0.2) is 0 Å². The van der Waals surface area contributed by atoms with Crippen LogP contribution in [0.1, 0.15) is 0 Å². The van der Waals surface area contributed by atoms with Gasteiger partial charge < -0.3 is 0 Å². The molecule has 0 aromatic carbocycles. The summed E-state index contributed by atoms with van der Waals surface area (Å²) in [6, 6.07) is 0. The van der Waals surface area contributed by atoms with Crippen LogP contribution in [0.5, 0.6) is 0 Å². The first-order chi connectivity index (χ1) is 1.73. The van der Waals surface area contributed by atoms with Crippen LogP contribution in [0.4, 0.5) is 0 Å². The molecule has 0 heterocycles. The van der Waals surface area contributed by atoms with Gasteiger partial charge in [0.15, 0.2) is 0 Å². The summed E-state index contributed by atoms with van der Waals surface area (Å²) in [5, 5.41) is 0. The summed E-state index contributed by atoms with van der Waals surface area (Å²) in [5.41, 5.74) is 0. The molecule has 0 amide bonds. The molecule has 0 spiro atoms. The summed E-state index contributed by atoms with van der Waals surface area (Å²) in [6.45, 7) is 0. The minimum atomic E-state index is -3.94. The molecule has 0 rings (SSSR count). The van der Waals surface area contributed by atoms with Gasteiger partial charge in [0.1, 0.15) is 0 Å². The molecule has 0 aliphatic heterocycles. The van der Waals surface area contributed by atoms with Gasteiger partial charge in [-0.2, -0.15) is 0 Å². The maximum absolute atomic E-state index is 8.56. The van der Waals surface area contributed by atoms with Gasteiger partial charge in [-0.1, -0.05) is 0 Å². The molecule has 0 aromatic heterocycles. The fraction of sp³-hybridized carbons (Fsp3) is 0. The first kappa shape index (κ1) is 15.7. The average molecular weight is 390 g/mol. The van der Waals surface area contributed by atoms with Crippen LogP contribution in [-0.4, -0.2) is 35.5 Å². The molecule has 0 N–H and O–H groups in total. The zero-order chi connectivity index (χ0) is 3.58. The van der Waals surface area contributed by atoms with E-state index in [0.717, 1.165) is 0 Å². The predicted octanol–water partition coefficient (Wildman–Crippen LogP) is -4.33. The van der Waals surface area contributed by atoms with Gasteiger partial charge in [0.2, 0.25) is 0 Å². The van der Waals surface area contributed by atoms with E-state index in [-0.39, 0.29) is 42.2 Å². The van der Waals surface area contributed by atoms with Gasteiger partial charge in [0.25, 0.3) is 0 Å². The predicted molar refractivity (Wildman–Crippen MR) is 11.5 cm³/mol. The van der Waals surface area contributed by atoms with Crippen molar-refractivity contribution in [1.29, 1.82) is 0 Å². The molecule has 1 radical (unpaired) electrons. The van der Waals surface area contributed by atoms with Crippen molar-refractivity contribution in [3.05, 3.63) is 0 Å². The average Bonchev–Trinajstić information content (AvgIpc) is 0.811. The molecule has 0 unspecified atom stereocenters. The van der Waals surface area contributed by atoms with E-state index in [1.165, 1.54) is 0 Å². The first-order valence-corrected chi connectivity index (χ1v) is 2.85. The van der Waals surface area contributed by atoms with E-state index in [0.29, 0.717) is 0 Å². The van der Waals surface area contributed by atoms with Crippen LogP contribution >= 0.6 is 0 Å². The summed E-state index contributed by atoms with van der Waals surface area (Å²) >= 11 is -3.94. The Morgan fingerprint density at radius 1 is 1.00 bits per heavy atom. The second-order valence-corrected chi connectivity index (χ2v) is 1.16. The number of hydrogen-bond donors (Lipinski definition) is 0. The molecule has 37 valence electrons. The molecule has 6 heteroatoms. The summed E-state index contributed by atoms with van der Waals surface area (Å²) in [7, 11) is 0. The third-order valence-corrected chi connectivity index (χ3v) is 0. The van der Waals surface area contributed by atoms with E-state index in [1.807, 2.05) is 0 Å². The summed E-state index contributed by atoms with van der Waals surface area (Å²) in [5.74, 6) is 0. The van der Waals surface area contributed by atoms with E-state index in [2.05, 4.69) is 0 Å². The minimum absolute atomic E-state index is 0. The van der Waals surface area contributed by atoms with E-state index in [9.17, 15) is 0 Å². The number of rotatable bonds is 0. The molecule has 0 saturated carbocycles. The molecule has 0 fully saturated rings. The van der Waals surface area contributed by atoms with Gasteiger partial charge in [0.05, 0.1) is 0 Å². The Morgan fingerprint density at radius 3 is 1.00 bits per heavy atom. The van der Waals surface area contributed by atoms with Crippen molar-refractivity contribution < 1.29 is 34.7 Å². The molecular weight excluding hydrogens is 390 g/mol. The van der Waals surface area contributed by atoms with Crippen molar-refractivity contribution in [3.8, 4) is 0 Å². The van der Waals surface area contributed by atoms with E-state index < -0.39 is 15.7 Å². The maximum atomic E-state index is 8.56. The van der Waals surface area contributed by atoms with Crippen molar-refractivity contribution in [3.63, 3.8) is 0 Å². The van der Waals surface area contributed by atoms with Crippen LogP contribution in [0.25, 0.3) is 0 Å². The molecular formula is AsAuGaO3. The Bertz CT molecular complexity index is 15.5. The molecule has 0 aromatic rings. The van der Waals surface area contributed by atoms with Crippen molar-refractivity contribution in [2.45, 2.75) is 0 Å². The van der Waals surface area contributed by atoms with Crippen molar-refractivity contribution in [2.75, 3.05) is 0 Å². The van der Waals surface area contributed by atoms with Crippen LogP contribution in [-0.2, 0) is 22.4 Å². The van der Waals surface area contributed by atoms with E-state index in [1.54, 1.807) is 0 Å². The zero-order valence-corrected chi connectivity index (χ0v) is 9.02. The standard InChI is InChI=1S/AsO3.Au.Ga/c2-1(3)4;;/q-3;;+3. The fourth-order valence-electron chi connectivity index (χ4n) is 0. The normalized spacial score (nSPS) is 6.00. The molecule has 0 saturated heterocycles. The fourth-order valence-corrected chi connectivity index (χ4v) is 0. The summed E-state index contributed by atoms with van der Waals surface area (Å²) in [4.78, 5) is 0. The van der Waals surface area contributed by atoms with E-state index in [4.69, 9.17) is 12.3 Å². The number of hydrogen-bond acceptors (Lipinski definition) is 3. The van der Waals surface area contributed by atoms with Crippen molar-refractivity contribution >= 4 is 35.5 Å². The second kappa shape index (κ2) is 9.94. The second-order valence-electron chi connectivity index (χ2n) is 0.224. The Hall–Kier alpha value is 1.82. The summed E-state index contributed by atoms with van der Waals surface area (Å²) in [6.07, 6.45) is 0. The van der Waals surface area contributed by atoms with Crippen molar-refractivity contribution in [1.82, 2.24) is 0 Å². The third-order valence-electron chi connectivity index (χ3n) is 0. The van der Waals surface area contributed by atoms with Gasteiger partial charge >= 0.3 is 47.8 Å². The van der Waals surface area contributed by atoms with Crippen LogP contribution < -0.4 is 12.3 Å². The molecule has 6 heavy (non-hydrogen) atoms. The Balaban J connectivity index is -0.0000000450. The molecule has 0 aliphatic carbocycles. The van der Waals surface area contributed by atoms with Gasteiger partial charge in [-0.15, -0.1) is 0 Å². The van der Waals surface area contributed by atoms with Gasteiger partial charge in [-0.3, -0.25) is 0 Å². The Kier molecular flexibility index (Phi) is 25.9. The molecule has 3 nitrogen and oxygen atoms in total. The molecule has 0 aliphatic rings. The first-order valence-electron chi connectivity index (χ1n) is 0.548. The monoisotopic (exact) mass is 389 g/mol. The molecule has 0 bridgehead atoms.